The molecule has 306 valence electrons. The van der Waals surface area contributed by atoms with Crippen LogP contribution in [0.5, 0.6) is 11.5 Å². The predicted octanol–water partition coefficient (Wildman–Crippen LogP) is 10.3. The van der Waals surface area contributed by atoms with E-state index in [0.29, 0.717) is 19.1 Å². The van der Waals surface area contributed by atoms with Crippen LogP contribution in [0.3, 0.4) is 0 Å². The van der Waals surface area contributed by atoms with Gasteiger partial charge in [-0.15, -0.1) is 0 Å². The number of carbonyl (C=O) groups is 4. The molecule has 0 aliphatic carbocycles. The number of aromatic hydroxyl groups is 2. The third-order valence-corrected chi connectivity index (χ3v) is 7.68. The van der Waals surface area contributed by atoms with Crippen molar-refractivity contribution in [3.8, 4) is 11.5 Å². The molecule has 0 aliphatic rings. The standard InChI is InChI=1S/C14H12O3.C12H16O3.C12H20O2.C9H10O2/c15-13-9-5-4-8-12(13)14(16)17-10-11-6-2-1-3-7-11;1-9(2)7-8-15-12(14)10-5-3-4-6-11(10)13;1-6-12(5,14-11(4)13)9-7-8-10(2)3;1-8(10)11-7-9-5-3-2-4-6-9/h1-9,15H,10H2;3-6,9,13H,7-8H2,1-2H3;6,8H,1,7,9H2,2-5H3;2-6H,7H2,1H3. The molecule has 0 aromatic heterocycles. The summed E-state index contributed by atoms with van der Waals surface area (Å²) in [5.74, 6) is -1.08. The van der Waals surface area contributed by atoms with Crippen LogP contribution in [0.4, 0.5) is 0 Å². The molecule has 0 saturated heterocycles. The minimum absolute atomic E-state index is 0.0351. The fraction of sp³-hybridized carbons (Fsp3) is 0.319. The molecule has 1 unspecified atom stereocenters. The van der Waals surface area contributed by atoms with Crippen molar-refractivity contribution in [3.05, 3.63) is 156 Å². The molecule has 2 N–H and O–H groups in total. The summed E-state index contributed by atoms with van der Waals surface area (Å²) in [6.45, 7) is 17.6. The second-order valence-electron chi connectivity index (χ2n) is 13.6. The van der Waals surface area contributed by atoms with Crippen LogP contribution >= 0.6 is 0 Å². The molecular weight excluding hydrogens is 725 g/mol. The summed E-state index contributed by atoms with van der Waals surface area (Å²) in [4.78, 5) is 44.3. The third-order valence-electron chi connectivity index (χ3n) is 7.68. The van der Waals surface area contributed by atoms with Crippen molar-refractivity contribution in [3.63, 3.8) is 0 Å². The highest BCUT2D eigenvalue weighted by molar-refractivity contribution is 5.92. The zero-order valence-corrected chi connectivity index (χ0v) is 34.2. The number of hydrogen-bond donors (Lipinski definition) is 2. The molecule has 4 aromatic carbocycles. The molecule has 0 aliphatic heterocycles. The van der Waals surface area contributed by atoms with Crippen LogP contribution in [0.2, 0.25) is 0 Å². The van der Waals surface area contributed by atoms with Gasteiger partial charge in [-0.2, -0.15) is 0 Å². The number of rotatable bonds is 14. The summed E-state index contributed by atoms with van der Waals surface area (Å²) in [7, 11) is 0. The first kappa shape index (κ1) is 48.9. The summed E-state index contributed by atoms with van der Waals surface area (Å²) < 4.78 is 20.1. The normalized spacial score (nSPS) is 10.9. The van der Waals surface area contributed by atoms with Gasteiger partial charge in [0.15, 0.2) is 0 Å². The van der Waals surface area contributed by atoms with Crippen molar-refractivity contribution >= 4 is 23.9 Å². The van der Waals surface area contributed by atoms with Crippen molar-refractivity contribution in [2.24, 2.45) is 5.92 Å². The highest BCUT2D eigenvalue weighted by Crippen LogP contribution is 2.20. The number of ether oxygens (including phenoxy) is 4. The van der Waals surface area contributed by atoms with E-state index in [1.54, 1.807) is 36.4 Å². The monoisotopic (exact) mass is 782 g/mol. The zero-order chi connectivity index (χ0) is 42.6. The molecule has 0 bridgehead atoms. The second-order valence-corrected chi connectivity index (χ2v) is 13.6. The summed E-state index contributed by atoms with van der Waals surface area (Å²) in [5.41, 5.74) is 3.08. The Balaban J connectivity index is 0.000000384. The van der Waals surface area contributed by atoms with Crippen LogP contribution in [0.1, 0.15) is 99.6 Å². The van der Waals surface area contributed by atoms with Crippen molar-refractivity contribution in [1.29, 1.82) is 0 Å². The van der Waals surface area contributed by atoms with Gasteiger partial charge in [0.2, 0.25) is 0 Å². The highest BCUT2D eigenvalue weighted by atomic mass is 16.6. The molecule has 0 radical (unpaired) electrons. The topological polar surface area (TPSA) is 146 Å². The molecule has 0 fully saturated rings. The Bertz CT molecular complexity index is 1830. The van der Waals surface area contributed by atoms with Crippen molar-refractivity contribution in [2.45, 2.75) is 86.5 Å². The summed E-state index contributed by atoms with van der Waals surface area (Å²) in [6, 6.07) is 31.7. The Hall–Kier alpha value is -6.16. The van der Waals surface area contributed by atoms with E-state index in [-0.39, 0.29) is 41.2 Å². The minimum atomic E-state index is -0.530. The van der Waals surface area contributed by atoms with E-state index in [4.69, 9.17) is 18.9 Å². The first-order valence-corrected chi connectivity index (χ1v) is 18.6. The maximum Gasteiger partial charge on any atom is 0.342 e. The molecule has 0 spiro atoms. The number of hydrogen-bond acceptors (Lipinski definition) is 10. The molecule has 57 heavy (non-hydrogen) atoms. The molecule has 4 rings (SSSR count). The highest BCUT2D eigenvalue weighted by Gasteiger charge is 2.22. The van der Waals surface area contributed by atoms with E-state index in [1.165, 1.54) is 37.6 Å². The molecule has 1 atom stereocenters. The fourth-order valence-electron chi connectivity index (χ4n) is 4.49. The second kappa shape index (κ2) is 27.4. The SMILES string of the molecule is C=CC(C)(CCC=C(C)C)OC(C)=O.CC(=O)OCc1ccccc1.CC(C)CCOC(=O)c1ccccc1O.O=C(OCc1ccccc1)c1ccccc1O. The lowest BCUT2D eigenvalue weighted by Gasteiger charge is -2.24. The quantitative estimate of drug-likeness (QED) is 0.0720. The van der Waals surface area contributed by atoms with Gasteiger partial charge in [0.05, 0.1) is 6.61 Å². The van der Waals surface area contributed by atoms with Gasteiger partial charge in [-0.05, 0) is 87.4 Å². The average molecular weight is 783 g/mol. The van der Waals surface area contributed by atoms with Gasteiger partial charge in [-0.3, -0.25) is 9.59 Å². The number of phenolic OH excluding ortho intramolecular Hbond substituents is 2. The zero-order valence-electron chi connectivity index (χ0n) is 34.2. The molecule has 0 heterocycles. The van der Waals surface area contributed by atoms with Crippen LogP contribution in [-0.2, 0) is 41.8 Å². The molecule has 4 aromatic rings. The van der Waals surface area contributed by atoms with E-state index in [2.05, 4.69) is 40.3 Å². The Labute approximate surface area is 337 Å². The molecule has 10 nitrogen and oxygen atoms in total. The lowest BCUT2D eigenvalue weighted by atomic mass is 9.99. The first-order chi connectivity index (χ1) is 27.1. The maximum atomic E-state index is 11.7. The lowest BCUT2D eigenvalue weighted by molar-refractivity contribution is -0.151. The minimum Gasteiger partial charge on any atom is -0.507 e. The van der Waals surface area contributed by atoms with E-state index in [9.17, 15) is 29.4 Å². The summed E-state index contributed by atoms with van der Waals surface area (Å²) in [5, 5.41) is 18.9. The molecular formula is C47H58O10. The van der Waals surface area contributed by atoms with Gasteiger partial charge >= 0.3 is 23.9 Å². The lowest BCUT2D eigenvalue weighted by Crippen LogP contribution is -2.27. The van der Waals surface area contributed by atoms with Crippen LogP contribution in [0.15, 0.2) is 133 Å². The van der Waals surface area contributed by atoms with Gasteiger partial charge in [-0.1, -0.05) is 117 Å². The Morgan fingerprint density at radius 2 is 1.09 bits per heavy atom. The maximum absolute atomic E-state index is 11.7. The van der Waals surface area contributed by atoms with Crippen LogP contribution < -0.4 is 0 Å². The molecule has 0 saturated carbocycles. The largest absolute Gasteiger partial charge is 0.507 e. The van der Waals surface area contributed by atoms with Gasteiger partial charge in [-0.25, -0.2) is 9.59 Å². The Morgan fingerprint density at radius 1 is 0.649 bits per heavy atom. The van der Waals surface area contributed by atoms with Gasteiger partial charge < -0.3 is 29.2 Å². The van der Waals surface area contributed by atoms with Crippen LogP contribution in [0.25, 0.3) is 0 Å². The smallest absolute Gasteiger partial charge is 0.342 e. The summed E-state index contributed by atoms with van der Waals surface area (Å²) >= 11 is 0. The number of phenols is 2. The Kier molecular flexibility index (Phi) is 23.5. The number of para-hydroxylation sites is 2. The van der Waals surface area contributed by atoms with Crippen LogP contribution in [-0.4, -0.2) is 46.3 Å². The van der Waals surface area contributed by atoms with Crippen molar-refractivity contribution < 1.29 is 48.3 Å². The summed E-state index contributed by atoms with van der Waals surface area (Å²) in [6.07, 6.45) is 6.33. The van der Waals surface area contributed by atoms with Gasteiger partial charge in [0.1, 0.15) is 41.4 Å². The number of carbonyl (C=O) groups excluding carboxylic acids is 4. The van der Waals surface area contributed by atoms with Crippen LogP contribution in [0, 0.1) is 5.92 Å². The van der Waals surface area contributed by atoms with Crippen molar-refractivity contribution in [1.82, 2.24) is 0 Å². The van der Waals surface area contributed by atoms with E-state index in [1.807, 2.05) is 67.6 Å². The van der Waals surface area contributed by atoms with Gasteiger partial charge in [0, 0.05) is 13.8 Å². The molecule has 10 heteroatoms. The number of esters is 4. The fourth-order valence-corrected chi connectivity index (χ4v) is 4.49. The van der Waals surface area contributed by atoms with E-state index >= 15 is 0 Å². The Morgan fingerprint density at radius 3 is 1.49 bits per heavy atom. The molecule has 0 amide bonds. The number of allylic oxidation sites excluding steroid dienone is 2. The predicted molar refractivity (Wildman–Crippen MR) is 222 cm³/mol. The first-order valence-electron chi connectivity index (χ1n) is 18.6. The van der Waals surface area contributed by atoms with Gasteiger partial charge in [0.25, 0.3) is 0 Å². The average Bonchev–Trinajstić information content (AvgIpc) is 3.17. The third kappa shape index (κ3) is 22.7. The van der Waals surface area contributed by atoms with E-state index < -0.39 is 17.5 Å². The van der Waals surface area contributed by atoms with E-state index in [0.717, 1.165) is 30.4 Å². The number of benzene rings is 4. The van der Waals surface area contributed by atoms with Crippen molar-refractivity contribution in [2.75, 3.05) is 6.61 Å².